The van der Waals surface area contributed by atoms with Crippen LogP contribution in [0.15, 0.2) is 46.0 Å². The summed E-state index contributed by atoms with van der Waals surface area (Å²) in [5.41, 5.74) is 0.354. The van der Waals surface area contributed by atoms with Crippen LogP contribution in [-0.2, 0) is 10.0 Å². The number of methoxy groups -OCH3 is 2. The molecular weight excluding hydrogens is 360 g/mol. The van der Waals surface area contributed by atoms with E-state index in [4.69, 9.17) is 9.47 Å². The summed E-state index contributed by atoms with van der Waals surface area (Å²) >= 11 is 3.19. The molecule has 0 saturated heterocycles. The van der Waals surface area contributed by atoms with Crippen LogP contribution in [0.2, 0.25) is 0 Å². The van der Waals surface area contributed by atoms with Crippen LogP contribution in [0.3, 0.4) is 0 Å². The molecule has 0 saturated carbocycles. The van der Waals surface area contributed by atoms with Crippen molar-refractivity contribution < 1.29 is 17.9 Å². The van der Waals surface area contributed by atoms with Gasteiger partial charge in [0.15, 0.2) is 11.5 Å². The molecule has 21 heavy (non-hydrogen) atoms. The predicted octanol–water partition coefficient (Wildman–Crippen LogP) is 2.66. The Morgan fingerprint density at radius 3 is 2.48 bits per heavy atom. The molecular formula is C13H13BrN2O4S. The average molecular weight is 373 g/mol. The van der Waals surface area contributed by atoms with Gasteiger partial charge in [0, 0.05) is 12.3 Å². The SMILES string of the molecule is COc1ccc(S(=O)(=O)Nc2cccnc2Br)cc1OC. The van der Waals surface area contributed by atoms with Crippen molar-refractivity contribution in [3.63, 3.8) is 0 Å². The second-order valence-electron chi connectivity index (χ2n) is 3.96. The molecule has 0 fully saturated rings. The maximum Gasteiger partial charge on any atom is 0.262 e. The fourth-order valence-corrected chi connectivity index (χ4v) is 3.21. The molecule has 8 heteroatoms. The van der Waals surface area contributed by atoms with E-state index in [1.807, 2.05) is 0 Å². The monoisotopic (exact) mass is 372 g/mol. The maximum atomic E-state index is 12.4. The lowest BCUT2D eigenvalue weighted by molar-refractivity contribution is 0.354. The number of ether oxygens (including phenoxy) is 2. The predicted molar refractivity (Wildman–Crippen MR) is 82.3 cm³/mol. The van der Waals surface area contributed by atoms with E-state index in [2.05, 4.69) is 25.6 Å². The molecule has 112 valence electrons. The van der Waals surface area contributed by atoms with Crippen LogP contribution in [0.25, 0.3) is 0 Å². The molecule has 1 aromatic carbocycles. The van der Waals surface area contributed by atoms with Gasteiger partial charge in [-0.2, -0.15) is 0 Å². The standard InChI is InChI=1S/C13H13BrN2O4S/c1-19-11-6-5-9(8-12(11)20-2)21(17,18)16-10-4-3-7-15-13(10)14/h3-8,16H,1-2H3. The van der Waals surface area contributed by atoms with Crippen LogP contribution in [0.1, 0.15) is 0 Å². The molecule has 0 radical (unpaired) electrons. The summed E-state index contributed by atoms with van der Waals surface area (Å²) < 4.78 is 37.8. The molecule has 1 N–H and O–H groups in total. The highest BCUT2D eigenvalue weighted by Gasteiger charge is 2.18. The zero-order valence-corrected chi connectivity index (χ0v) is 13.7. The number of anilines is 1. The van der Waals surface area contributed by atoms with E-state index >= 15 is 0 Å². The molecule has 0 bridgehead atoms. The van der Waals surface area contributed by atoms with E-state index in [9.17, 15) is 8.42 Å². The van der Waals surface area contributed by atoms with Crippen molar-refractivity contribution in [1.29, 1.82) is 0 Å². The first-order valence-electron chi connectivity index (χ1n) is 5.83. The Hall–Kier alpha value is -1.80. The van der Waals surface area contributed by atoms with Gasteiger partial charge < -0.3 is 9.47 Å². The molecule has 0 unspecified atom stereocenters. The highest BCUT2D eigenvalue weighted by Crippen LogP contribution is 2.30. The average Bonchev–Trinajstić information content (AvgIpc) is 2.48. The smallest absolute Gasteiger partial charge is 0.262 e. The van der Waals surface area contributed by atoms with Crippen LogP contribution in [-0.4, -0.2) is 27.6 Å². The minimum absolute atomic E-state index is 0.0657. The number of benzene rings is 1. The fourth-order valence-electron chi connectivity index (χ4n) is 1.65. The van der Waals surface area contributed by atoms with Crippen molar-refractivity contribution >= 4 is 31.6 Å². The van der Waals surface area contributed by atoms with Crippen LogP contribution >= 0.6 is 15.9 Å². The van der Waals surface area contributed by atoms with E-state index in [1.165, 1.54) is 32.4 Å². The van der Waals surface area contributed by atoms with Gasteiger partial charge in [0.2, 0.25) is 0 Å². The first kappa shape index (κ1) is 15.6. The third-order valence-electron chi connectivity index (χ3n) is 2.67. The molecule has 0 aliphatic heterocycles. The molecule has 0 aliphatic rings. The summed E-state index contributed by atoms with van der Waals surface area (Å²) in [7, 11) is -0.822. The highest BCUT2D eigenvalue weighted by atomic mass is 79.9. The van der Waals surface area contributed by atoms with E-state index < -0.39 is 10.0 Å². The Bertz CT molecular complexity index is 750. The summed E-state index contributed by atoms with van der Waals surface area (Å²) in [5.74, 6) is 0.796. The first-order valence-corrected chi connectivity index (χ1v) is 8.11. The van der Waals surface area contributed by atoms with Gasteiger partial charge in [-0.15, -0.1) is 0 Å². The lowest BCUT2D eigenvalue weighted by Gasteiger charge is -2.12. The Labute approximate surface area is 131 Å². The zero-order valence-electron chi connectivity index (χ0n) is 11.3. The number of hydrogen-bond donors (Lipinski definition) is 1. The summed E-state index contributed by atoms with van der Waals surface area (Å²) in [5, 5.41) is 0. The molecule has 6 nitrogen and oxygen atoms in total. The molecule has 1 heterocycles. The van der Waals surface area contributed by atoms with Crippen LogP contribution in [0, 0.1) is 0 Å². The van der Waals surface area contributed by atoms with Crippen molar-refractivity contribution in [2.45, 2.75) is 4.90 Å². The normalized spacial score (nSPS) is 11.0. The summed E-state index contributed by atoms with van der Waals surface area (Å²) in [4.78, 5) is 4.03. The number of pyridine rings is 1. The number of nitrogens with one attached hydrogen (secondary N) is 1. The third-order valence-corrected chi connectivity index (χ3v) is 4.66. The molecule has 0 spiro atoms. The lowest BCUT2D eigenvalue weighted by Crippen LogP contribution is -2.13. The largest absolute Gasteiger partial charge is 0.493 e. The molecule has 0 aliphatic carbocycles. The van der Waals surface area contributed by atoms with Crippen molar-refractivity contribution in [3.05, 3.63) is 41.1 Å². The second kappa shape index (κ2) is 6.31. The fraction of sp³-hybridized carbons (Fsp3) is 0.154. The van der Waals surface area contributed by atoms with E-state index in [1.54, 1.807) is 18.3 Å². The molecule has 2 aromatic rings. The van der Waals surface area contributed by atoms with Crippen molar-refractivity contribution in [3.8, 4) is 11.5 Å². The summed E-state index contributed by atoms with van der Waals surface area (Å²) in [6.45, 7) is 0. The number of sulfonamides is 1. The van der Waals surface area contributed by atoms with Gasteiger partial charge in [0.05, 0.1) is 24.8 Å². The Morgan fingerprint density at radius 1 is 1.14 bits per heavy atom. The topological polar surface area (TPSA) is 77.5 Å². The second-order valence-corrected chi connectivity index (χ2v) is 6.40. The third kappa shape index (κ3) is 3.45. The molecule has 2 rings (SSSR count). The highest BCUT2D eigenvalue weighted by molar-refractivity contribution is 9.10. The first-order chi connectivity index (χ1) is 9.97. The number of hydrogen-bond acceptors (Lipinski definition) is 5. The number of nitrogens with zero attached hydrogens (tertiary/aromatic N) is 1. The van der Waals surface area contributed by atoms with Gasteiger partial charge in [-0.25, -0.2) is 13.4 Å². The van der Waals surface area contributed by atoms with Crippen molar-refractivity contribution in [2.24, 2.45) is 0 Å². The quantitative estimate of drug-likeness (QED) is 0.816. The van der Waals surface area contributed by atoms with E-state index in [0.29, 0.717) is 21.8 Å². The molecule has 0 atom stereocenters. The zero-order chi connectivity index (χ0) is 15.5. The van der Waals surface area contributed by atoms with Gasteiger partial charge in [-0.1, -0.05) is 0 Å². The Kier molecular flexibility index (Phi) is 4.69. The Morgan fingerprint density at radius 2 is 1.86 bits per heavy atom. The summed E-state index contributed by atoms with van der Waals surface area (Å²) in [6, 6.07) is 7.61. The van der Waals surface area contributed by atoms with Gasteiger partial charge in [-0.3, -0.25) is 4.72 Å². The number of aromatic nitrogens is 1. The summed E-state index contributed by atoms with van der Waals surface area (Å²) in [6.07, 6.45) is 1.55. The van der Waals surface area contributed by atoms with Crippen molar-refractivity contribution in [1.82, 2.24) is 4.98 Å². The maximum absolute atomic E-state index is 12.4. The van der Waals surface area contributed by atoms with Crippen LogP contribution < -0.4 is 14.2 Å². The van der Waals surface area contributed by atoms with Gasteiger partial charge in [-0.05, 0) is 40.2 Å². The molecule has 0 amide bonds. The lowest BCUT2D eigenvalue weighted by atomic mass is 10.3. The molecule has 1 aromatic heterocycles. The van der Waals surface area contributed by atoms with Crippen LogP contribution in [0.4, 0.5) is 5.69 Å². The Balaban J connectivity index is 2.38. The number of halogens is 1. The van der Waals surface area contributed by atoms with E-state index in [0.717, 1.165) is 0 Å². The minimum Gasteiger partial charge on any atom is -0.493 e. The number of rotatable bonds is 5. The van der Waals surface area contributed by atoms with Gasteiger partial charge in [0.25, 0.3) is 10.0 Å². The van der Waals surface area contributed by atoms with Gasteiger partial charge >= 0.3 is 0 Å². The van der Waals surface area contributed by atoms with Crippen molar-refractivity contribution in [2.75, 3.05) is 18.9 Å². The van der Waals surface area contributed by atoms with E-state index in [-0.39, 0.29) is 4.90 Å². The van der Waals surface area contributed by atoms with Gasteiger partial charge in [0.1, 0.15) is 4.60 Å². The van der Waals surface area contributed by atoms with Crippen LogP contribution in [0.5, 0.6) is 11.5 Å². The minimum atomic E-state index is -3.75.